The first-order valence-electron chi connectivity index (χ1n) is 7.32. The van der Waals surface area contributed by atoms with Crippen LogP contribution in [-0.4, -0.2) is 0 Å². The quantitative estimate of drug-likeness (QED) is 0.462. The summed E-state index contributed by atoms with van der Waals surface area (Å²) in [6.45, 7) is 6.23. The number of hydrogen-bond acceptors (Lipinski definition) is 1. The summed E-state index contributed by atoms with van der Waals surface area (Å²) in [5, 5.41) is 8.41. The molecule has 0 atom stereocenters. The molecular formula is C20H19N. The van der Waals surface area contributed by atoms with Gasteiger partial charge in [0.15, 0.2) is 0 Å². The highest BCUT2D eigenvalue weighted by Crippen LogP contribution is 2.33. The molecule has 0 aromatic heterocycles. The molecular weight excluding hydrogens is 254 g/mol. The molecule has 0 bridgehead atoms. The minimum absolute atomic E-state index is 0.915. The van der Waals surface area contributed by atoms with E-state index in [1.807, 2.05) is 6.08 Å². The Morgan fingerprint density at radius 2 is 1.57 bits per heavy atom. The molecule has 0 heterocycles. The molecule has 0 unspecified atom stereocenters. The second kappa shape index (κ2) is 5.84. The van der Waals surface area contributed by atoms with Crippen LogP contribution in [0.5, 0.6) is 0 Å². The molecule has 0 fully saturated rings. The average molecular weight is 273 g/mol. The van der Waals surface area contributed by atoms with Gasteiger partial charge in [0.1, 0.15) is 0 Å². The Balaban J connectivity index is 2.20. The third kappa shape index (κ3) is 2.68. The van der Waals surface area contributed by atoms with Gasteiger partial charge < -0.3 is 5.32 Å². The predicted octanol–water partition coefficient (Wildman–Crippen LogP) is 5.88. The van der Waals surface area contributed by atoms with Gasteiger partial charge in [-0.2, -0.15) is 0 Å². The van der Waals surface area contributed by atoms with Gasteiger partial charge in [-0.05, 0) is 29.3 Å². The molecule has 0 aliphatic carbocycles. The molecule has 0 aliphatic rings. The summed E-state index contributed by atoms with van der Waals surface area (Å²) in [6.07, 6.45) is 5.16. The third-order valence-corrected chi connectivity index (χ3v) is 3.61. The number of benzene rings is 3. The van der Waals surface area contributed by atoms with Gasteiger partial charge >= 0.3 is 0 Å². The summed E-state index contributed by atoms with van der Waals surface area (Å²) < 4.78 is 0. The minimum atomic E-state index is 0.915. The van der Waals surface area contributed by atoms with Crippen LogP contribution < -0.4 is 5.32 Å². The van der Waals surface area contributed by atoms with Crippen molar-refractivity contribution < 1.29 is 0 Å². The summed E-state index contributed by atoms with van der Waals surface area (Å²) in [7, 11) is 0. The number of fused-ring (bicyclic) bond motifs is 2. The third-order valence-electron chi connectivity index (χ3n) is 3.61. The van der Waals surface area contributed by atoms with Crippen molar-refractivity contribution in [3.63, 3.8) is 0 Å². The van der Waals surface area contributed by atoms with E-state index in [2.05, 4.69) is 79.5 Å². The van der Waals surface area contributed by atoms with Crippen LogP contribution in [-0.2, 0) is 0 Å². The molecule has 1 nitrogen and oxygen atoms in total. The molecule has 1 heteroatoms. The molecule has 3 aromatic carbocycles. The maximum Gasteiger partial charge on any atom is 0.0543 e. The molecule has 0 spiro atoms. The van der Waals surface area contributed by atoms with E-state index in [1.165, 1.54) is 21.5 Å². The van der Waals surface area contributed by atoms with Crippen LogP contribution in [0.25, 0.3) is 21.5 Å². The fourth-order valence-corrected chi connectivity index (χ4v) is 2.61. The van der Waals surface area contributed by atoms with E-state index >= 15 is 0 Å². The number of anilines is 1. The van der Waals surface area contributed by atoms with Crippen LogP contribution in [0.4, 0.5) is 5.69 Å². The summed E-state index contributed by atoms with van der Waals surface area (Å²) in [5.74, 6) is 0. The average Bonchev–Trinajstić information content (AvgIpc) is 2.52. The van der Waals surface area contributed by atoms with E-state index in [1.54, 1.807) is 0 Å². The van der Waals surface area contributed by atoms with Gasteiger partial charge in [0.2, 0.25) is 0 Å². The fraction of sp³-hybridized carbons (Fsp3) is 0.100. The highest BCUT2D eigenvalue weighted by molar-refractivity contribution is 6.11. The molecule has 0 saturated carbocycles. The summed E-state index contributed by atoms with van der Waals surface area (Å²) in [5.41, 5.74) is 2.05. The Morgan fingerprint density at radius 3 is 2.14 bits per heavy atom. The first-order chi connectivity index (χ1) is 10.3. The van der Waals surface area contributed by atoms with Crippen molar-refractivity contribution in [1.29, 1.82) is 0 Å². The van der Waals surface area contributed by atoms with E-state index in [4.69, 9.17) is 0 Å². The van der Waals surface area contributed by atoms with Crippen molar-refractivity contribution in [3.8, 4) is 0 Å². The van der Waals surface area contributed by atoms with Crippen molar-refractivity contribution in [2.24, 2.45) is 0 Å². The Bertz CT molecular complexity index is 773. The summed E-state index contributed by atoms with van der Waals surface area (Å²) >= 11 is 0. The summed E-state index contributed by atoms with van der Waals surface area (Å²) in [4.78, 5) is 0. The first-order valence-corrected chi connectivity index (χ1v) is 7.32. The Kier molecular flexibility index (Phi) is 3.74. The van der Waals surface area contributed by atoms with Gasteiger partial charge in [0.25, 0.3) is 0 Å². The van der Waals surface area contributed by atoms with E-state index in [9.17, 15) is 0 Å². The van der Waals surface area contributed by atoms with E-state index < -0.39 is 0 Å². The minimum Gasteiger partial charge on any atom is -0.355 e. The zero-order valence-electron chi connectivity index (χ0n) is 12.3. The van der Waals surface area contributed by atoms with E-state index in [0.29, 0.717) is 0 Å². The smallest absolute Gasteiger partial charge is 0.0543 e. The van der Waals surface area contributed by atoms with Gasteiger partial charge in [0, 0.05) is 16.5 Å². The molecule has 0 aliphatic heterocycles. The monoisotopic (exact) mass is 273 g/mol. The van der Waals surface area contributed by atoms with Crippen molar-refractivity contribution in [2.45, 2.75) is 13.3 Å². The van der Waals surface area contributed by atoms with Crippen molar-refractivity contribution in [2.75, 3.05) is 5.32 Å². The van der Waals surface area contributed by atoms with Crippen molar-refractivity contribution >= 4 is 27.2 Å². The molecule has 0 radical (unpaired) electrons. The molecule has 3 rings (SSSR count). The standard InChI is InChI=1S/C20H19N/c1-3-4-9-15(2)21-20-18-12-7-5-10-16(18)14-17-11-6-8-13-19(17)20/h4-14,21H,2-3H2,1H3/b9-4-. The van der Waals surface area contributed by atoms with Crippen LogP contribution in [0.2, 0.25) is 0 Å². The van der Waals surface area contributed by atoms with Crippen LogP contribution >= 0.6 is 0 Å². The van der Waals surface area contributed by atoms with Crippen LogP contribution in [0, 0.1) is 0 Å². The van der Waals surface area contributed by atoms with Crippen LogP contribution in [0.15, 0.2) is 79.0 Å². The lowest BCUT2D eigenvalue weighted by atomic mass is 10.0. The van der Waals surface area contributed by atoms with Crippen molar-refractivity contribution in [1.82, 2.24) is 0 Å². The maximum absolute atomic E-state index is 4.10. The van der Waals surface area contributed by atoms with Crippen molar-refractivity contribution in [3.05, 3.63) is 79.0 Å². The Morgan fingerprint density at radius 1 is 1.00 bits per heavy atom. The molecule has 21 heavy (non-hydrogen) atoms. The highest BCUT2D eigenvalue weighted by Gasteiger charge is 2.07. The van der Waals surface area contributed by atoms with Gasteiger partial charge in [-0.3, -0.25) is 0 Å². The fourth-order valence-electron chi connectivity index (χ4n) is 2.61. The lowest BCUT2D eigenvalue weighted by Crippen LogP contribution is -1.97. The van der Waals surface area contributed by atoms with Gasteiger partial charge in [-0.1, -0.05) is 68.1 Å². The SMILES string of the molecule is C=C(/C=C\CC)Nc1c2ccccc2cc2ccccc12. The summed E-state index contributed by atoms with van der Waals surface area (Å²) in [6, 6.07) is 19.1. The maximum atomic E-state index is 4.10. The lowest BCUT2D eigenvalue weighted by molar-refractivity contribution is 1.22. The van der Waals surface area contributed by atoms with Gasteiger partial charge in [-0.15, -0.1) is 0 Å². The molecule has 104 valence electrons. The molecule has 0 saturated heterocycles. The molecule has 3 aromatic rings. The first kappa shape index (κ1) is 13.4. The predicted molar refractivity (Wildman–Crippen MR) is 93.6 cm³/mol. The highest BCUT2D eigenvalue weighted by atomic mass is 14.9. The number of rotatable bonds is 4. The van der Waals surface area contributed by atoms with E-state index in [0.717, 1.165) is 17.8 Å². The Labute approximate surface area is 125 Å². The van der Waals surface area contributed by atoms with E-state index in [-0.39, 0.29) is 0 Å². The van der Waals surface area contributed by atoms with Crippen LogP contribution in [0.1, 0.15) is 13.3 Å². The zero-order valence-corrected chi connectivity index (χ0v) is 12.3. The number of nitrogens with one attached hydrogen (secondary N) is 1. The topological polar surface area (TPSA) is 12.0 Å². The second-order valence-corrected chi connectivity index (χ2v) is 5.15. The Hall–Kier alpha value is -2.54. The van der Waals surface area contributed by atoms with Gasteiger partial charge in [-0.25, -0.2) is 0 Å². The lowest BCUT2D eigenvalue weighted by Gasteiger charge is -2.14. The van der Waals surface area contributed by atoms with Crippen LogP contribution in [0.3, 0.4) is 0 Å². The number of hydrogen-bond donors (Lipinski definition) is 1. The second-order valence-electron chi connectivity index (χ2n) is 5.15. The molecule has 1 N–H and O–H groups in total. The van der Waals surface area contributed by atoms with Gasteiger partial charge in [0.05, 0.1) is 5.69 Å². The molecule has 0 amide bonds. The zero-order chi connectivity index (χ0) is 14.7. The largest absolute Gasteiger partial charge is 0.355 e. The normalized spacial score (nSPS) is 11.3. The number of allylic oxidation sites excluding steroid dienone is 2.